The van der Waals surface area contributed by atoms with Gasteiger partial charge in [0, 0.05) is 11.9 Å². The van der Waals surface area contributed by atoms with Gasteiger partial charge in [-0.1, -0.05) is 30.3 Å². The van der Waals surface area contributed by atoms with Gasteiger partial charge in [-0.3, -0.25) is 4.79 Å². The number of carbonyl (C=O) groups is 1. The van der Waals surface area contributed by atoms with E-state index in [-0.39, 0.29) is 11.4 Å². The summed E-state index contributed by atoms with van der Waals surface area (Å²) in [5.74, 6) is -0.719. The van der Waals surface area contributed by atoms with Crippen LogP contribution in [-0.4, -0.2) is 12.5 Å². The lowest BCUT2D eigenvalue weighted by atomic mass is 10.1. The van der Waals surface area contributed by atoms with Crippen molar-refractivity contribution in [1.29, 1.82) is 0 Å². The number of para-hydroxylation sites is 1. The van der Waals surface area contributed by atoms with Crippen LogP contribution in [0.15, 0.2) is 63.8 Å². The Morgan fingerprint density at radius 3 is 2.62 bits per heavy atom. The molecule has 0 aliphatic carbocycles. The Morgan fingerprint density at radius 2 is 1.83 bits per heavy atom. The fourth-order valence-electron chi connectivity index (χ4n) is 2.46. The van der Waals surface area contributed by atoms with Crippen molar-refractivity contribution in [2.75, 3.05) is 6.54 Å². The molecular formula is C19H16FNO3. The summed E-state index contributed by atoms with van der Waals surface area (Å²) in [7, 11) is 0. The molecule has 3 rings (SSSR count). The highest BCUT2D eigenvalue weighted by atomic mass is 19.1. The monoisotopic (exact) mass is 325 g/mol. The first kappa shape index (κ1) is 15.9. The second-order valence-corrected chi connectivity index (χ2v) is 5.47. The third-order valence-corrected chi connectivity index (χ3v) is 3.73. The predicted octanol–water partition coefficient (Wildman–Crippen LogP) is 3.29. The van der Waals surface area contributed by atoms with Crippen LogP contribution < -0.4 is 10.9 Å². The molecule has 0 unspecified atom stereocenters. The van der Waals surface area contributed by atoms with Crippen molar-refractivity contribution in [1.82, 2.24) is 5.32 Å². The van der Waals surface area contributed by atoms with Gasteiger partial charge in [0.25, 0.3) is 5.91 Å². The van der Waals surface area contributed by atoms with Crippen LogP contribution in [0.5, 0.6) is 0 Å². The van der Waals surface area contributed by atoms with E-state index < -0.39 is 11.5 Å². The number of rotatable bonds is 5. The Kier molecular flexibility index (Phi) is 4.70. The average molecular weight is 325 g/mol. The van der Waals surface area contributed by atoms with Gasteiger partial charge in [-0.25, -0.2) is 9.18 Å². The molecule has 0 aliphatic heterocycles. The molecule has 0 saturated carbocycles. The summed E-state index contributed by atoms with van der Waals surface area (Å²) in [6, 6.07) is 14.8. The summed E-state index contributed by atoms with van der Waals surface area (Å²) in [5, 5.41) is 3.42. The van der Waals surface area contributed by atoms with Gasteiger partial charge in [-0.15, -0.1) is 0 Å². The molecule has 122 valence electrons. The standard InChI is InChI=1S/C19H16FNO3/c20-15-9-7-13(8-10-15)4-3-11-21-18(22)16-12-14-5-1-2-6-17(14)24-19(16)23/h1-2,5-10,12H,3-4,11H2,(H,21,22). The molecular weight excluding hydrogens is 309 g/mol. The summed E-state index contributed by atoms with van der Waals surface area (Å²) < 4.78 is 18.0. The number of benzene rings is 2. The van der Waals surface area contributed by atoms with Crippen LogP contribution in [0.2, 0.25) is 0 Å². The van der Waals surface area contributed by atoms with Crippen LogP contribution in [0.25, 0.3) is 11.0 Å². The van der Waals surface area contributed by atoms with Crippen LogP contribution in [0, 0.1) is 5.82 Å². The topological polar surface area (TPSA) is 59.3 Å². The summed E-state index contributed by atoms with van der Waals surface area (Å²) in [6.07, 6.45) is 1.41. The molecule has 0 saturated heterocycles. The van der Waals surface area contributed by atoms with Gasteiger partial charge in [0.05, 0.1) is 0 Å². The summed E-state index contributed by atoms with van der Waals surface area (Å²) in [6.45, 7) is 0.419. The van der Waals surface area contributed by atoms with E-state index in [1.165, 1.54) is 18.2 Å². The van der Waals surface area contributed by atoms with E-state index in [1.807, 2.05) is 6.07 Å². The van der Waals surface area contributed by atoms with Crippen molar-refractivity contribution in [3.05, 3.63) is 82.0 Å². The van der Waals surface area contributed by atoms with E-state index in [2.05, 4.69) is 5.32 Å². The number of nitrogens with one attached hydrogen (secondary N) is 1. The number of hydrogen-bond acceptors (Lipinski definition) is 3. The van der Waals surface area contributed by atoms with Gasteiger partial charge in [0.15, 0.2) is 0 Å². The van der Waals surface area contributed by atoms with E-state index in [0.29, 0.717) is 30.4 Å². The molecule has 5 heteroatoms. The Labute approximate surface area is 137 Å². The number of amides is 1. The third kappa shape index (κ3) is 3.68. The maximum Gasteiger partial charge on any atom is 0.349 e. The average Bonchev–Trinajstić information content (AvgIpc) is 2.59. The van der Waals surface area contributed by atoms with E-state index in [1.54, 1.807) is 30.3 Å². The zero-order valence-corrected chi connectivity index (χ0v) is 12.9. The molecule has 1 amide bonds. The zero-order valence-electron chi connectivity index (χ0n) is 12.9. The first-order chi connectivity index (χ1) is 11.6. The molecule has 1 heterocycles. The van der Waals surface area contributed by atoms with E-state index in [9.17, 15) is 14.0 Å². The lowest BCUT2D eigenvalue weighted by molar-refractivity contribution is 0.0949. The third-order valence-electron chi connectivity index (χ3n) is 3.73. The molecule has 4 nitrogen and oxygen atoms in total. The molecule has 0 aliphatic rings. The normalized spacial score (nSPS) is 10.7. The summed E-state index contributed by atoms with van der Waals surface area (Å²) in [4.78, 5) is 24.0. The smallest absolute Gasteiger partial charge is 0.349 e. The van der Waals surface area contributed by atoms with Crippen molar-refractivity contribution in [3.8, 4) is 0 Å². The highest BCUT2D eigenvalue weighted by molar-refractivity contribution is 5.96. The highest BCUT2D eigenvalue weighted by Crippen LogP contribution is 2.12. The second-order valence-electron chi connectivity index (χ2n) is 5.47. The fourth-order valence-corrected chi connectivity index (χ4v) is 2.46. The number of halogens is 1. The molecule has 2 aromatic carbocycles. The molecule has 0 fully saturated rings. The second kappa shape index (κ2) is 7.08. The van der Waals surface area contributed by atoms with E-state index in [4.69, 9.17) is 4.42 Å². The molecule has 0 radical (unpaired) electrons. The van der Waals surface area contributed by atoms with Crippen molar-refractivity contribution >= 4 is 16.9 Å². The van der Waals surface area contributed by atoms with Crippen LogP contribution in [-0.2, 0) is 6.42 Å². The van der Waals surface area contributed by atoms with Gasteiger partial charge in [0.2, 0.25) is 0 Å². The van der Waals surface area contributed by atoms with E-state index in [0.717, 1.165) is 5.56 Å². The SMILES string of the molecule is O=C(NCCCc1ccc(F)cc1)c1cc2ccccc2oc1=O. The summed E-state index contributed by atoms with van der Waals surface area (Å²) in [5.41, 5.74) is 0.798. The molecule has 1 aromatic heterocycles. The first-order valence-corrected chi connectivity index (χ1v) is 7.69. The van der Waals surface area contributed by atoms with Crippen molar-refractivity contribution in [2.24, 2.45) is 0 Å². The van der Waals surface area contributed by atoms with Crippen molar-refractivity contribution in [3.63, 3.8) is 0 Å². The van der Waals surface area contributed by atoms with Gasteiger partial charge >= 0.3 is 5.63 Å². The first-order valence-electron chi connectivity index (χ1n) is 7.69. The van der Waals surface area contributed by atoms with Crippen molar-refractivity contribution in [2.45, 2.75) is 12.8 Å². The fraction of sp³-hybridized carbons (Fsp3) is 0.158. The predicted molar refractivity (Wildman–Crippen MR) is 89.5 cm³/mol. The number of hydrogen-bond donors (Lipinski definition) is 1. The van der Waals surface area contributed by atoms with Crippen LogP contribution in [0.3, 0.4) is 0 Å². The van der Waals surface area contributed by atoms with Crippen LogP contribution in [0.4, 0.5) is 4.39 Å². The Hall–Kier alpha value is -2.95. The Morgan fingerprint density at radius 1 is 1.08 bits per heavy atom. The summed E-state index contributed by atoms with van der Waals surface area (Å²) >= 11 is 0. The highest BCUT2D eigenvalue weighted by Gasteiger charge is 2.12. The molecule has 0 bridgehead atoms. The quantitative estimate of drug-likeness (QED) is 0.578. The van der Waals surface area contributed by atoms with Gasteiger partial charge in [-0.2, -0.15) is 0 Å². The number of aryl methyl sites for hydroxylation is 1. The number of carbonyl (C=O) groups excluding carboxylic acids is 1. The number of fused-ring (bicyclic) bond motifs is 1. The lowest BCUT2D eigenvalue weighted by Gasteiger charge is -2.05. The molecule has 3 aromatic rings. The van der Waals surface area contributed by atoms with Gasteiger partial charge in [-0.05, 0) is 42.7 Å². The van der Waals surface area contributed by atoms with Gasteiger partial charge in [0.1, 0.15) is 17.0 Å². The minimum absolute atomic E-state index is 0.00418. The van der Waals surface area contributed by atoms with Crippen molar-refractivity contribution < 1.29 is 13.6 Å². The maximum absolute atomic E-state index is 12.8. The maximum atomic E-state index is 12.8. The lowest BCUT2D eigenvalue weighted by Crippen LogP contribution is -2.29. The van der Waals surface area contributed by atoms with E-state index >= 15 is 0 Å². The van der Waals surface area contributed by atoms with Crippen LogP contribution >= 0.6 is 0 Å². The molecule has 0 atom stereocenters. The minimum atomic E-state index is -0.648. The zero-order chi connectivity index (χ0) is 16.9. The van der Waals surface area contributed by atoms with Gasteiger partial charge < -0.3 is 9.73 Å². The molecule has 0 spiro atoms. The molecule has 1 N–H and O–H groups in total. The minimum Gasteiger partial charge on any atom is -0.422 e. The molecule has 24 heavy (non-hydrogen) atoms. The van der Waals surface area contributed by atoms with Crippen LogP contribution in [0.1, 0.15) is 22.3 Å². The Bertz CT molecular complexity index is 916. The largest absolute Gasteiger partial charge is 0.422 e. The Balaban J connectivity index is 1.60.